The van der Waals surface area contributed by atoms with E-state index in [4.69, 9.17) is 15.6 Å². The van der Waals surface area contributed by atoms with E-state index in [0.717, 1.165) is 0 Å². The lowest BCUT2D eigenvalue weighted by Crippen LogP contribution is -2.39. The summed E-state index contributed by atoms with van der Waals surface area (Å²) in [5, 5.41) is 11.5. The van der Waals surface area contributed by atoms with Crippen molar-refractivity contribution in [1.82, 2.24) is 9.55 Å². The monoisotopic (exact) mass is 354 g/mol. The average molecular weight is 354 g/mol. The number of carbonyl (C=O) groups excluding carboxylic acids is 2. The molecule has 1 unspecified atom stereocenters. The zero-order valence-electron chi connectivity index (χ0n) is 15.2. The summed E-state index contributed by atoms with van der Waals surface area (Å²) >= 11 is 0. The first-order valence-electron chi connectivity index (χ1n) is 7.86. The Morgan fingerprint density at radius 1 is 1.32 bits per heavy atom. The molecule has 0 aromatic carbocycles. The molecule has 0 aliphatic rings. The van der Waals surface area contributed by atoms with Crippen molar-refractivity contribution < 1.29 is 24.2 Å². The van der Waals surface area contributed by atoms with Gasteiger partial charge in [0.2, 0.25) is 5.91 Å². The summed E-state index contributed by atoms with van der Waals surface area (Å²) in [6.45, 7) is 8.36. The van der Waals surface area contributed by atoms with Crippen molar-refractivity contribution in [3.8, 4) is 0 Å². The van der Waals surface area contributed by atoms with Crippen molar-refractivity contribution in [2.45, 2.75) is 52.2 Å². The molecule has 0 bridgehead atoms. The number of anilines is 1. The van der Waals surface area contributed by atoms with Gasteiger partial charge in [-0.1, -0.05) is 0 Å². The van der Waals surface area contributed by atoms with Crippen LogP contribution in [0.3, 0.4) is 0 Å². The summed E-state index contributed by atoms with van der Waals surface area (Å²) in [6.07, 6.45) is 2.81. The summed E-state index contributed by atoms with van der Waals surface area (Å²) in [7, 11) is 0. The molecule has 1 aromatic rings. The Hall–Kier alpha value is -2.42. The van der Waals surface area contributed by atoms with Gasteiger partial charge in [0, 0.05) is 12.7 Å². The number of imidazole rings is 1. The molecule has 25 heavy (non-hydrogen) atoms. The molecule has 1 amide bonds. The number of esters is 1. The molecule has 0 saturated carbocycles. The second kappa shape index (κ2) is 7.64. The van der Waals surface area contributed by atoms with Crippen LogP contribution >= 0.6 is 0 Å². The fourth-order valence-electron chi connectivity index (χ4n) is 2.08. The third-order valence-corrected chi connectivity index (χ3v) is 3.36. The Labute approximate surface area is 146 Å². The minimum Gasteiger partial charge on any atom is -0.481 e. The van der Waals surface area contributed by atoms with E-state index in [-0.39, 0.29) is 18.8 Å². The van der Waals surface area contributed by atoms with E-state index in [0.29, 0.717) is 0 Å². The fraction of sp³-hybridized carbons (Fsp3) is 0.625. The van der Waals surface area contributed by atoms with Gasteiger partial charge in [0.25, 0.3) is 0 Å². The van der Waals surface area contributed by atoms with Crippen LogP contribution < -0.4 is 11.1 Å². The fourth-order valence-corrected chi connectivity index (χ4v) is 2.08. The standard InChI is InChI=1S/C16H26N4O5/c1-15(2,3)25-14(24)10(7-17)13(23)19-11-8-20(9-18-11)16(4,5)6-12(21)22/h8-10H,6-7,17H2,1-5H3,(H,19,23)(H,21,22). The predicted octanol–water partition coefficient (Wildman–Crippen LogP) is 0.948. The van der Waals surface area contributed by atoms with Gasteiger partial charge in [-0.3, -0.25) is 14.4 Å². The van der Waals surface area contributed by atoms with Crippen molar-refractivity contribution in [2.24, 2.45) is 11.7 Å². The molecular formula is C16H26N4O5. The van der Waals surface area contributed by atoms with Crippen molar-refractivity contribution in [3.05, 3.63) is 12.5 Å². The van der Waals surface area contributed by atoms with E-state index >= 15 is 0 Å². The van der Waals surface area contributed by atoms with Crippen molar-refractivity contribution in [2.75, 3.05) is 11.9 Å². The molecule has 0 radical (unpaired) electrons. The lowest BCUT2D eigenvalue weighted by Gasteiger charge is -2.24. The van der Waals surface area contributed by atoms with E-state index in [9.17, 15) is 14.4 Å². The number of hydrogen-bond donors (Lipinski definition) is 3. The molecule has 1 heterocycles. The maximum atomic E-state index is 12.3. The number of carboxylic acid groups (broad SMARTS) is 1. The third-order valence-electron chi connectivity index (χ3n) is 3.36. The molecule has 1 rings (SSSR count). The predicted molar refractivity (Wildman–Crippen MR) is 90.8 cm³/mol. The molecule has 1 aromatic heterocycles. The van der Waals surface area contributed by atoms with E-state index in [1.807, 2.05) is 0 Å². The summed E-state index contributed by atoms with van der Waals surface area (Å²) < 4.78 is 6.77. The highest BCUT2D eigenvalue weighted by Crippen LogP contribution is 2.21. The number of aromatic nitrogens is 2. The van der Waals surface area contributed by atoms with E-state index < -0.39 is 34.9 Å². The Kier molecular flexibility index (Phi) is 6.31. The first kappa shape index (κ1) is 20.6. The molecule has 0 spiro atoms. The second-order valence-corrected chi connectivity index (χ2v) is 7.36. The lowest BCUT2D eigenvalue weighted by molar-refractivity contribution is -0.161. The van der Waals surface area contributed by atoms with Crippen LogP contribution in [0.15, 0.2) is 12.5 Å². The van der Waals surface area contributed by atoms with Gasteiger partial charge in [0.15, 0.2) is 5.82 Å². The van der Waals surface area contributed by atoms with Crippen LogP contribution in [-0.2, 0) is 24.7 Å². The van der Waals surface area contributed by atoms with Crippen molar-refractivity contribution in [3.63, 3.8) is 0 Å². The maximum Gasteiger partial charge on any atom is 0.320 e. The Bertz CT molecular complexity index is 645. The Balaban J connectivity index is 2.83. The van der Waals surface area contributed by atoms with Crippen molar-refractivity contribution >= 4 is 23.7 Å². The Morgan fingerprint density at radius 3 is 2.40 bits per heavy atom. The van der Waals surface area contributed by atoms with Crippen LogP contribution in [-0.4, -0.2) is 44.6 Å². The highest BCUT2D eigenvalue weighted by Gasteiger charge is 2.31. The van der Waals surface area contributed by atoms with Crippen LogP contribution in [0.5, 0.6) is 0 Å². The lowest BCUT2D eigenvalue weighted by atomic mass is 10.0. The molecule has 1 atom stereocenters. The molecule has 9 nitrogen and oxygen atoms in total. The Morgan fingerprint density at radius 2 is 1.92 bits per heavy atom. The van der Waals surface area contributed by atoms with E-state index in [2.05, 4.69) is 10.3 Å². The molecular weight excluding hydrogens is 328 g/mol. The molecule has 4 N–H and O–H groups in total. The zero-order valence-corrected chi connectivity index (χ0v) is 15.2. The van der Waals surface area contributed by atoms with Crippen LogP contribution in [0.25, 0.3) is 0 Å². The average Bonchev–Trinajstić information content (AvgIpc) is 2.85. The van der Waals surface area contributed by atoms with Gasteiger partial charge < -0.3 is 25.5 Å². The van der Waals surface area contributed by atoms with Gasteiger partial charge in [-0.25, -0.2) is 4.98 Å². The van der Waals surface area contributed by atoms with Gasteiger partial charge in [-0.15, -0.1) is 0 Å². The number of nitrogens with one attached hydrogen (secondary N) is 1. The van der Waals surface area contributed by atoms with Gasteiger partial charge in [-0.2, -0.15) is 0 Å². The van der Waals surface area contributed by atoms with Gasteiger partial charge >= 0.3 is 11.9 Å². The van der Waals surface area contributed by atoms with Crippen molar-refractivity contribution in [1.29, 1.82) is 0 Å². The largest absolute Gasteiger partial charge is 0.481 e. The topological polar surface area (TPSA) is 137 Å². The highest BCUT2D eigenvalue weighted by atomic mass is 16.6. The highest BCUT2D eigenvalue weighted by molar-refractivity contribution is 6.04. The summed E-state index contributed by atoms with van der Waals surface area (Å²) in [4.78, 5) is 39.3. The van der Waals surface area contributed by atoms with Crippen LogP contribution in [0.2, 0.25) is 0 Å². The smallest absolute Gasteiger partial charge is 0.320 e. The van der Waals surface area contributed by atoms with E-state index in [1.54, 1.807) is 39.2 Å². The normalized spacial score (nSPS) is 13.2. The third kappa shape index (κ3) is 6.18. The van der Waals surface area contributed by atoms with Gasteiger partial charge in [0.1, 0.15) is 11.5 Å². The summed E-state index contributed by atoms with van der Waals surface area (Å²) in [6, 6.07) is 0. The summed E-state index contributed by atoms with van der Waals surface area (Å²) in [5.41, 5.74) is 4.07. The molecule has 0 saturated heterocycles. The SMILES string of the molecule is CC(C)(C)OC(=O)C(CN)C(=O)Nc1cn(C(C)(C)CC(=O)O)cn1. The number of carbonyl (C=O) groups is 3. The quantitative estimate of drug-likeness (QED) is 0.489. The second-order valence-electron chi connectivity index (χ2n) is 7.36. The number of ether oxygens (including phenoxy) is 1. The zero-order chi connectivity index (χ0) is 19.4. The number of hydrogen-bond acceptors (Lipinski definition) is 6. The first-order valence-corrected chi connectivity index (χ1v) is 7.86. The minimum absolute atomic E-state index is 0.111. The number of rotatable bonds is 7. The summed E-state index contributed by atoms with van der Waals surface area (Å²) in [5.74, 6) is -3.24. The van der Waals surface area contributed by atoms with Crippen LogP contribution in [0.1, 0.15) is 41.0 Å². The van der Waals surface area contributed by atoms with E-state index in [1.165, 1.54) is 12.5 Å². The molecule has 0 fully saturated rings. The van der Waals surface area contributed by atoms with Gasteiger partial charge in [-0.05, 0) is 34.6 Å². The number of nitrogens with zero attached hydrogens (tertiary/aromatic N) is 2. The number of carboxylic acids is 1. The minimum atomic E-state index is -1.16. The van der Waals surface area contributed by atoms with Crippen LogP contribution in [0, 0.1) is 5.92 Å². The number of nitrogens with two attached hydrogens (primary N) is 1. The number of amides is 1. The van der Waals surface area contributed by atoms with Crippen LogP contribution in [0.4, 0.5) is 5.82 Å². The van der Waals surface area contributed by atoms with Gasteiger partial charge in [0.05, 0.1) is 18.3 Å². The molecule has 0 aliphatic heterocycles. The first-order chi connectivity index (χ1) is 11.4. The maximum absolute atomic E-state index is 12.3. The molecule has 9 heteroatoms. The number of aliphatic carboxylic acids is 1. The molecule has 140 valence electrons. The molecule has 0 aliphatic carbocycles.